The molecule has 1 heterocycles. The second kappa shape index (κ2) is 4.87. The van der Waals surface area contributed by atoms with Crippen LogP contribution in [0.15, 0.2) is 0 Å². The number of anilines is 1. The van der Waals surface area contributed by atoms with Crippen LogP contribution in [0.1, 0.15) is 46.5 Å². The smallest absolute Gasteiger partial charge is 0.341 e. The van der Waals surface area contributed by atoms with Gasteiger partial charge in [-0.15, -0.1) is 11.3 Å². The molecule has 0 radical (unpaired) electrons. The zero-order chi connectivity index (χ0) is 11.5. The maximum absolute atomic E-state index is 11.7. The molecule has 1 aromatic rings. The summed E-state index contributed by atoms with van der Waals surface area (Å²) in [6.07, 6.45) is 6.90. The average Bonchev–Trinajstić information content (AvgIpc) is 2.54. The molecule has 0 bridgehead atoms. The van der Waals surface area contributed by atoms with Gasteiger partial charge in [0.15, 0.2) is 0 Å². The largest absolute Gasteiger partial charge is 0.465 e. The van der Waals surface area contributed by atoms with E-state index in [1.165, 1.54) is 31.2 Å². The van der Waals surface area contributed by atoms with Gasteiger partial charge in [-0.25, -0.2) is 4.79 Å². The quantitative estimate of drug-likeness (QED) is 0.767. The summed E-state index contributed by atoms with van der Waals surface area (Å²) in [6, 6.07) is 0. The molecule has 2 rings (SSSR count). The first-order valence-corrected chi connectivity index (χ1v) is 6.54. The molecule has 4 heteroatoms. The van der Waals surface area contributed by atoms with Crippen molar-refractivity contribution in [2.45, 2.75) is 38.5 Å². The van der Waals surface area contributed by atoms with E-state index in [1.54, 1.807) is 11.3 Å². The van der Waals surface area contributed by atoms with Gasteiger partial charge in [0.05, 0.1) is 12.7 Å². The molecule has 16 heavy (non-hydrogen) atoms. The van der Waals surface area contributed by atoms with Crippen LogP contribution in [0.3, 0.4) is 0 Å². The van der Waals surface area contributed by atoms with Gasteiger partial charge in [-0.05, 0) is 31.2 Å². The Kier molecular flexibility index (Phi) is 3.49. The molecule has 1 aromatic heterocycles. The molecule has 0 saturated heterocycles. The van der Waals surface area contributed by atoms with Crippen LogP contribution in [0.2, 0.25) is 0 Å². The zero-order valence-corrected chi connectivity index (χ0v) is 10.4. The van der Waals surface area contributed by atoms with E-state index in [4.69, 9.17) is 10.5 Å². The van der Waals surface area contributed by atoms with Gasteiger partial charge in [0.2, 0.25) is 0 Å². The number of thiophene rings is 1. The maximum atomic E-state index is 11.7. The van der Waals surface area contributed by atoms with E-state index in [0.717, 1.165) is 24.8 Å². The number of esters is 1. The zero-order valence-electron chi connectivity index (χ0n) is 9.54. The lowest BCUT2D eigenvalue weighted by molar-refractivity contribution is 0.0601. The summed E-state index contributed by atoms with van der Waals surface area (Å²) in [7, 11) is 1.41. The third kappa shape index (κ3) is 2.07. The Morgan fingerprint density at radius 1 is 1.25 bits per heavy atom. The molecule has 2 N–H and O–H groups in total. The molecule has 0 fully saturated rings. The molecule has 0 saturated carbocycles. The standard InChI is InChI=1S/C12H17NO2S/c1-15-12(14)10-8-6-4-2-3-5-7-9(8)16-11(10)13/h2-7,13H2,1H3. The first-order chi connectivity index (χ1) is 7.74. The number of rotatable bonds is 1. The summed E-state index contributed by atoms with van der Waals surface area (Å²) in [5.41, 5.74) is 7.69. The van der Waals surface area contributed by atoms with Crippen molar-refractivity contribution in [1.82, 2.24) is 0 Å². The summed E-state index contributed by atoms with van der Waals surface area (Å²) < 4.78 is 4.80. The van der Waals surface area contributed by atoms with E-state index in [-0.39, 0.29) is 5.97 Å². The highest BCUT2D eigenvalue weighted by molar-refractivity contribution is 7.16. The highest BCUT2D eigenvalue weighted by atomic mass is 32.1. The number of fused-ring (bicyclic) bond motifs is 1. The van der Waals surface area contributed by atoms with Gasteiger partial charge < -0.3 is 10.5 Å². The van der Waals surface area contributed by atoms with Gasteiger partial charge in [-0.2, -0.15) is 0 Å². The number of ether oxygens (including phenoxy) is 1. The third-order valence-corrected chi connectivity index (χ3v) is 4.21. The number of hydrogen-bond acceptors (Lipinski definition) is 4. The highest BCUT2D eigenvalue weighted by Gasteiger charge is 2.22. The van der Waals surface area contributed by atoms with Crippen LogP contribution in [0.25, 0.3) is 0 Å². The molecular weight excluding hydrogens is 222 g/mol. The monoisotopic (exact) mass is 239 g/mol. The molecule has 0 unspecified atom stereocenters. The minimum atomic E-state index is -0.282. The van der Waals surface area contributed by atoms with Gasteiger partial charge in [-0.3, -0.25) is 0 Å². The lowest BCUT2D eigenvalue weighted by Crippen LogP contribution is -2.07. The van der Waals surface area contributed by atoms with Crippen molar-refractivity contribution < 1.29 is 9.53 Å². The first kappa shape index (κ1) is 11.5. The van der Waals surface area contributed by atoms with Crippen LogP contribution >= 0.6 is 11.3 Å². The molecule has 88 valence electrons. The normalized spacial score (nSPS) is 16.1. The minimum Gasteiger partial charge on any atom is -0.465 e. The van der Waals surface area contributed by atoms with Crippen molar-refractivity contribution in [3.8, 4) is 0 Å². The van der Waals surface area contributed by atoms with Gasteiger partial charge >= 0.3 is 5.97 Å². The molecule has 3 nitrogen and oxygen atoms in total. The Balaban J connectivity index is 2.40. The maximum Gasteiger partial charge on any atom is 0.341 e. The Morgan fingerprint density at radius 3 is 2.62 bits per heavy atom. The highest BCUT2D eigenvalue weighted by Crippen LogP contribution is 2.35. The molecular formula is C12H17NO2S. The van der Waals surface area contributed by atoms with Crippen molar-refractivity contribution in [3.05, 3.63) is 16.0 Å². The lowest BCUT2D eigenvalue weighted by atomic mass is 9.96. The van der Waals surface area contributed by atoms with E-state index in [9.17, 15) is 4.79 Å². The SMILES string of the molecule is COC(=O)c1c(N)sc2c1CCCCCC2. The van der Waals surface area contributed by atoms with Crippen molar-refractivity contribution in [2.75, 3.05) is 12.8 Å². The molecule has 0 aliphatic heterocycles. The molecule has 0 amide bonds. The number of nitrogen functional groups attached to an aromatic ring is 1. The average molecular weight is 239 g/mol. The lowest BCUT2D eigenvalue weighted by Gasteiger charge is -2.10. The summed E-state index contributed by atoms with van der Waals surface area (Å²) in [5.74, 6) is -0.282. The fourth-order valence-electron chi connectivity index (χ4n) is 2.27. The fraction of sp³-hybridized carbons (Fsp3) is 0.583. The second-order valence-corrected chi connectivity index (χ2v) is 5.29. The molecule has 1 aliphatic rings. The van der Waals surface area contributed by atoms with Crippen LogP contribution in [0.5, 0.6) is 0 Å². The number of hydrogen-bond donors (Lipinski definition) is 1. The minimum absolute atomic E-state index is 0.282. The van der Waals surface area contributed by atoms with E-state index < -0.39 is 0 Å². The predicted octanol–water partition coefficient (Wildman–Crippen LogP) is 2.78. The Bertz CT molecular complexity index is 398. The van der Waals surface area contributed by atoms with Gasteiger partial charge in [0, 0.05) is 4.88 Å². The topological polar surface area (TPSA) is 52.3 Å². The molecule has 0 spiro atoms. The van der Waals surface area contributed by atoms with Crippen molar-refractivity contribution in [2.24, 2.45) is 0 Å². The van der Waals surface area contributed by atoms with E-state index >= 15 is 0 Å². The second-order valence-electron chi connectivity index (χ2n) is 4.15. The third-order valence-electron chi connectivity index (χ3n) is 3.09. The van der Waals surface area contributed by atoms with Crippen molar-refractivity contribution >= 4 is 22.3 Å². The summed E-state index contributed by atoms with van der Waals surface area (Å²) >= 11 is 1.56. The van der Waals surface area contributed by atoms with E-state index in [2.05, 4.69) is 0 Å². The number of methoxy groups -OCH3 is 1. The van der Waals surface area contributed by atoms with E-state index in [1.807, 2.05) is 0 Å². The molecule has 1 aliphatic carbocycles. The molecule has 0 atom stereocenters. The van der Waals surface area contributed by atoms with E-state index in [0.29, 0.717) is 10.6 Å². The van der Waals surface area contributed by atoms with Crippen molar-refractivity contribution in [1.29, 1.82) is 0 Å². The van der Waals surface area contributed by atoms with Crippen LogP contribution in [-0.2, 0) is 17.6 Å². The van der Waals surface area contributed by atoms with Gasteiger partial charge in [0.25, 0.3) is 0 Å². The first-order valence-electron chi connectivity index (χ1n) is 5.72. The number of carbonyl (C=O) groups excluding carboxylic acids is 1. The predicted molar refractivity (Wildman–Crippen MR) is 65.9 cm³/mol. The van der Waals surface area contributed by atoms with Gasteiger partial charge in [0.1, 0.15) is 5.00 Å². The van der Waals surface area contributed by atoms with Crippen LogP contribution in [0, 0.1) is 0 Å². The Morgan fingerprint density at radius 2 is 1.94 bits per heavy atom. The Labute approximate surface area is 99.6 Å². The molecule has 0 aromatic carbocycles. The number of carbonyl (C=O) groups is 1. The van der Waals surface area contributed by atoms with Crippen LogP contribution in [0.4, 0.5) is 5.00 Å². The summed E-state index contributed by atoms with van der Waals surface area (Å²) in [4.78, 5) is 13.0. The number of aryl methyl sites for hydroxylation is 1. The summed E-state index contributed by atoms with van der Waals surface area (Å²) in [5, 5.41) is 0.624. The Hall–Kier alpha value is -1.03. The van der Waals surface area contributed by atoms with Gasteiger partial charge in [-0.1, -0.05) is 12.8 Å². The van der Waals surface area contributed by atoms with Crippen LogP contribution in [-0.4, -0.2) is 13.1 Å². The van der Waals surface area contributed by atoms with Crippen molar-refractivity contribution in [3.63, 3.8) is 0 Å². The fourth-order valence-corrected chi connectivity index (χ4v) is 3.41. The summed E-state index contributed by atoms with van der Waals surface area (Å²) in [6.45, 7) is 0. The number of nitrogens with two attached hydrogens (primary N) is 1. The van der Waals surface area contributed by atoms with Crippen LogP contribution < -0.4 is 5.73 Å².